The summed E-state index contributed by atoms with van der Waals surface area (Å²) in [6.45, 7) is 9.61. The summed E-state index contributed by atoms with van der Waals surface area (Å²) in [6, 6.07) is 5.64. The van der Waals surface area contributed by atoms with Gasteiger partial charge in [0, 0.05) is 30.7 Å². The standard InChI is InChI=1S/C16H22Cl2N2O2/c1-11-10-19(15(21)22-16(2,3)4)7-8-20(11)14-6-5-12(17)9-13(14)18/h5-6,9,11H,7-8,10H2,1-4H3/t11-/m0/s1. The molecule has 1 aliphatic heterocycles. The van der Waals surface area contributed by atoms with E-state index in [2.05, 4.69) is 11.8 Å². The molecule has 0 spiro atoms. The van der Waals surface area contributed by atoms with Crippen molar-refractivity contribution >= 4 is 35.0 Å². The Labute approximate surface area is 141 Å². The Morgan fingerprint density at radius 3 is 2.50 bits per heavy atom. The maximum atomic E-state index is 12.2. The molecule has 1 atom stereocenters. The summed E-state index contributed by atoms with van der Waals surface area (Å²) in [5.41, 5.74) is 0.471. The molecule has 6 heteroatoms. The van der Waals surface area contributed by atoms with E-state index < -0.39 is 5.60 Å². The summed E-state index contributed by atoms with van der Waals surface area (Å²) in [5, 5.41) is 1.25. The minimum atomic E-state index is -0.475. The molecule has 1 aromatic carbocycles. The molecule has 1 amide bonds. The van der Waals surface area contributed by atoms with Gasteiger partial charge in [-0.25, -0.2) is 4.79 Å². The van der Waals surface area contributed by atoms with E-state index in [0.717, 1.165) is 5.69 Å². The smallest absolute Gasteiger partial charge is 0.410 e. The van der Waals surface area contributed by atoms with Gasteiger partial charge in [-0.2, -0.15) is 0 Å². The van der Waals surface area contributed by atoms with Gasteiger partial charge in [0.15, 0.2) is 0 Å². The molecule has 0 N–H and O–H groups in total. The van der Waals surface area contributed by atoms with Crippen molar-refractivity contribution in [3.05, 3.63) is 28.2 Å². The Morgan fingerprint density at radius 1 is 1.27 bits per heavy atom. The van der Waals surface area contributed by atoms with Crippen LogP contribution in [0.2, 0.25) is 10.0 Å². The lowest BCUT2D eigenvalue weighted by atomic mass is 10.1. The summed E-state index contributed by atoms with van der Waals surface area (Å²) in [5.74, 6) is 0. The van der Waals surface area contributed by atoms with Gasteiger partial charge in [-0.3, -0.25) is 0 Å². The average molecular weight is 345 g/mol. The fraction of sp³-hybridized carbons (Fsp3) is 0.562. The molecule has 1 fully saturated rings. The third-order valence-corrected chi connectivity index (χ3v) is 4.04. The zero-order valence-electron chi connectivity index (χ0n) is 13.4. The number of amides is 1. The zero-order valence-corrected chi connectivity index (χ0v) is 14.9. The number of carbonyl (C=O) groups is 1. The summed E-state index contributed by atoms with van der Waals surface area (Å²) in [6.07, 6.45) is -0.263. The van der Waals surface area contributed by atoms with E-state index in [1.165, 1.54) is 0 Å². The fourth-order valence-electron chi connectivity index (χ4n) is 2.52. The second kappa shape index (κ2) is 6.55. The lowest BCUT2D eigenvalue weighted by Crippen LogP contribution is -2.54. The van der Waals surface area contributed by atoms with E-state index >= 15 is 0 Å². The first-order chi connectivity index (χ1) is 10.2. The van der Waals surface area contributed by atoms with Gasteiger partial charge in [0.1, 0.15) is 5.60 Å². The van der Waals surface area contributed by atoms with E-state index in [1.807, 2.05) is 32.9 Å². The Kier molecular flexibility index (Phi) is 5.13. The number of benzene rings is 1. The normalized spacial score (nSPS) is 19.3. The highest BCUT2D eigenvalue weighted by atomic mass is 35.5. The monoisotopic (exact) mass is 344 g/mol. The van der Waals surface area contributed by atoms with Crippen LogP contribution in [0.4, 0.5) is 10.5 Å². The van der Waals surface area contributed by atoms with Gasteiger partial charge >= 0.3 is 6.09 Å². The molecule has 1 saturated heterocycles. The number of hydrogen-bond donors (Lipinski definition) is 0. The van der Waals surface area contributed by atoms with Crippen LogP contribution >= 0.6 is 23.2 Å². The van der Waals surface area contributed by atoms with Gasteiger partial charge in [0.05, 0.1) is 10.7 Å². The van der Waals surface area contributed by atoms with Crippen molar-refractivity contribution in [1.29, 1.82) is 0 Å². The Balaban J connectivity index is 2.05. The molecule has 4 nitrogen and oxygen atoms in total. The third-order valence-electron chi connectivity index (χ3n) is 3.50. The number of rotatable bonds is 1. The van der Waals surface area contributed by atoms with Crippen LogP contribution in [0, 0.1) is 0 Å². The van der Waals surface area contributed by atoms with Crippen LogP contribution in [0.3, 0.4) is 0 Å². The van der Waals surface area contributed by atoms with Crippen molar-refractivity contribution in [2.24, 2.45) is 0 Å². The lowest BCUT2D eigenvalue weighted by Gasteiger charge is -2.41. The molecular weight excluding hydrogens is 323 g/mol. The molecule has 1 aromatic rings. The molecular formula is C16H22Cl2N2O2. The van der Waals surface area contributed by atoms with Crippen LogP contribution in [0.1, 0.15) is 27.7 Å². The first-order valence-electron chi connectivity index (χ1n) is 7.37. The molecule has 0 saturated carbocycles. The molecule has 122 valence electrons. The van der Waals surface area contributed by atoms with Crippen molar-refractivity contribution in [2.75, 3.05) is 24.5 Å². The molecule has 0 unspecified atom stereocenters. The van der Waals surface area contributed by atoms with Crippen molar-refractivity contribution in [3.63, 3.8) is 0 Å². The van der Waals surface area contributed by atoms with Crippen LogP contribution in [-0.2, 0) is 4.74 Å². The second-order valence-electron chi connectivity index (χ2n) is 6.56. The van der Waals surface area contributed by atoms with Gasteiger partial charge in [0.2, 0.25) is 0 Å². The zero-order chi connectivity index (χ0) is 16.5. The first kappa shape index (κ1) is 17.2. The highest BCUT2D eigenvalue weighted by Gasteiger charge is 2.30. The predicted molar refractivity (Wildman–Crippen MR) is 91.1 cm³/mol. The maximum Gasteiger partial charge on any atom is 0.410 e. The number of anilines is 1. The Bertz CT molecular complexity index is 558. The van der Waals surface area contributed by atoms with Gasteiger partial charge in [-0.05, 0) is 45.9 Å². The molecule has 0 radical (unpaired) electrons. The van der Waals surface area contributed by atoms with Crippen molar-refractivity contribution < 1.29 is 9.53 Å². The summed E-state index contributed by atoms with van der Waals surface area (Å²) >= 11 is 12.2. The van der Waals surface area contributed by atoms with Crippen LogP contribution in [-0.4, -0.2) is 42.3 Å². The molecule has 0 aromatic heterocycles. The maximum absolute atomic E-state index is 12.2. The van der Waals surface area contributed by atoms with E-state index in [9.17, 15) is 4.79 Å². The van der Waals surface area contributed by atoms with E-state index in [0.29, 0.717) is 29.7 Å². The molecule has 22 heavy (non-hydrogen) atoms. The minimum Gasteiger partial charge on any atom is -0.444 e. The number of hydrogen-bond acceptors (Lipinski definition) is 3. The topological polar surface area (TPSA) is 32.8 Å². The molecule has 0 bridgehead atoms. The number of carbonyl (C=O) groups excluding carboxylic acids is 1. The van der Waals surface area contributed by atoms with Gasteiger partial charge in [-0.15, -0.1) is 0 Å². The van der Waals surface area contributed by atoms with E-state index in [-0.39, 0.29) is 12.1 Å². The fourth-order valence-corrected chi connectivity index (χ4v) is 3.04. The third kappa shape index (κ3) is 4.20. The molecule has 0 aliphatic carbocycles. The van der Waals surface area contributed by atoms with Crippen LogP contribution in [0.25, 0.3) is 0 Å². The average Bonchev–Trinajstić information content (AvgIpc) is 2.37. The van der Waals surface area contributed by atoms with Gasteiger partial charge in [-0.1, -0.05) is 23.2 Å². The molecule has 1 aliphatic rings. The highest BCUT2D eigenvalue weighted by molar-refractivity contribution is 6.36. The van der Waals surface area contributed by atoms with Gasteiger partial charge in [0.25, 0.3) is 0 Å². The van der Waals surface area contributed by atoms with Crippen molar-refractivity contribution in [3.8, 4) is 0 Å². The largest absolute Gasteiger partial charge is 0.444 e. The number of nitrogens with zero attached hydrogens (tertiary/aromatic N) is 2. The van der Waals surface area contributed by atoms with Crippen molar-refractivity contribution in [2.45, 2.75) is 39.3 Å². The van der Waals surface area contributed by atoms with Crippen LogP contribution in [0.5, 0.6) is 0 Å². The molecule has 2 rings (SSSR count). The van der Waals surface area contributed by atoms with E-state index in [1.54, 1.807) is 11.0 Å². The van der Waals surface area contributed by atoms with Gasteiger partial charge < -0.3 is 14.5 Å². The molecule has 1 heterocycles. The van der Waals surface area contributed by atoms with Crippen LogP contribution in [0.15, 0.2) is 18.2 Å². The first-order valence-corrected chi connectivity index (χ1v) is 8.12. The Hall–Kier alpha value is -1.13. The van der Waals surface area contributed by atoms with E-state index in [4.69, 9.17) is 27.9 Å². The highest BCUT2D eigenvalue weighted by Crippen LogP contribution is 2.31. The number of ether oxygens (including phenoxy) is 1. The quantitative estimate of drug-likeness (QED) is 0.754. The summed E-state index contributed by atoms with van der Waals surface area (Å²) in [7, 11) is 0. The number of piperazine rings is 1. The lowest BCUT2D eigenvalue weighted by molar-refractivity contribution is 0.0219. The summed E-state index contributed by atoms with van der Waals surface area (Å²) in [4.78, 5) is 16.1. The van der Waals surface area contributed by atoms with Crippen molar-refractivity contribution in [1.82, 2.24) is 4.90 Å². The SMILES string of the molecule is C[C@H]1CN(C(=O)OC(C)(C)C)CCN1c1ccc(Cl)cc1Cl. The minimum absolute atomic E-state index is 0.153. The van der Waals surface area contributed by atoms with Crippen LogP contribution < -0.4 is 4.90 Å². The number of halogens is 2. The second-order valence-corrected chi connectivity index (χ2v) is 7.41. The summed E-state index contributed by atoms with van der Waals surface area (Å²) < 4.78 is 5.43. The Morgan fingerprint density at radius 2 is 1.95 bits per heavy atom. The predicted octanol–water partition coefficient (Wildman–Crippen LogP) is 4.44.